The summed E-state index contributed by atoms with van der Waals surface area (Å²) in [6.07, 6.45) is 0.774. The molecular formula is C25H22FN3O. The minimum Gasteiger partial charge on any atom is -0.356 e. The Morgan fingerprint density at radius 3 is 2.53 bits per heavy atom. The Kier molecular flexibility index (Phi) is 4.71. The number of carbonyl (C=O) groups is 1. The Balaban J connectivity index is 1.51. The van der Waals surface area contributed by atoms with Gasteiger partial charge in [0.2, 0.25) is 0 Å². The molecule has 2 heterocycles. The molecule has 0 saturated carbocycles. The van der Waals surface area contributed by atoms with Gasteiger partial charge in [-0.1, -0.05) is 60.7 Å². The number of hydrogen-bond acceptors (Lipinski definition) is 1. The van der Waals surface area contributed by atoms with Gasteiger partial charge in [0.25, 0.3) is 0 Å². The summed E-state index contributed by atoms with van der Waals surface area (Å²) in [7, 11) is 0. The van der Waals surface area contributed by atoms with Crippen LogP contribution in [0, 0.1) is 5.82 Å². The molecule has 0 fully saturated rings. The third-order valence-corrected chi connectivity index (χ3v) is 5.77. The third-order valence-electron chi connectivity index (χ3n) is 5.77. The van der Waals surface area contributed by atoms with Crippen LogP contribution >= 0.6 is 0 Å². The zero-order valence-corrected chi connectivity index (χ0v) is 16.4. The average molecular weight is 399 g/mol. The molecule has 4 nitrogen and oxygen atoms in total. The summed E-state index contributed by atoms with van der Waals surface area (Å²) in [6.45, 7) is 1.06. The van der Waals surface area contributed by atoms with Gasteiger partial charge in [-0.3, -0.25) is 0 Å². The van der Waals surface area contributed by atoms with Crippen LogP contribution in [0.25, 0.3) is 10.9 Å². The van der Waals surface area contributed by atoms with Gasteiger partial charge in [0.1, 0.15) is 5.82 Å². The number of hydrogen-bond donors (Lipinski definition) is 2. The van der Waals surface area contributed by atoms with Crippen LogP contribution in [0.5, 0.6) is 0 Å². The van der Waals surface area contributed by atoms with Crippen LogP contribution in [0.4, 0.5) is 9.18 Å². The number of urea groups is 1. The highest BCUT2D eigenvalue weighted by Gasteiger charge is 2.34. The maximum absolute atomic E-state index is 13.6. The van der Waals surface area contributed by atoms with Crippen molar-refractivity contribution in [3.8, 4) is 0 Å². The van der Waals surface area contributed by atoms with E-state index in [9.17, 15) is 9.18 Å². The molecule has 1 aliphatic heterocycles. The number of nitrogens with one attached hydrogen (secondary N) is 2. The van der Waals surface area contributed by atoms with Crippen LogP contribution in [0.1, 0.15) is 28.4 Å². The third kappa shape index (κ3) is 3.32. The number of rotatable bonds is 3. The largest absolute Gasteiger partial charge is 0.356 e. The molecule has 0 saturated heterocycles. The van der Waals surface area contributed by atoms with Crippen molar-refractivity contribution in [3.63, 3.8) is 0 Å². The van der Waals surface area contributed by atoms with Gasteiger partial charge in [-0.05, 0) is 41.3 Å². The number of fused-ring (bicyclic) bond motifs is 3. The number of nitrogens with zero attached hydrogens (tertiary/aromatic N) is 1. The molecule has 0 radical (unpaired) electrons. The fraction of sp³-hybridized carbons (Fsp3) is 0.160. The highest BCUT2D eigenvalue weighted by molar-refractivity contribution is 5.86. The fourth-order valence-corrected chi connectivity index (χ4v) is 4.33. The van der Waals surface area contributed by atoms with Gasteiger partial charge in [0, 0.05) is 29.7 Å². The first-order valence-electron chi connectivity index (χ1n) is 10.1. The van der Waals surface area contributed by atoms with E-state index in [2.05, 4.69) is 22.4 Å². The van der Waals surface area contributed by atoms with Crippen molar-refractivity contribution in [3.05, 3.63) is 107 Å². The smallest absolute Gasteiger partial charge is 0.318 e. The standard InChI is InChI=1S/C25H22FN3O/c26-19-12-10-18(11-13-19)24-23-21(20-8-4-5-9-22(20)28-23)14-15-29(24)25(30)27-16-17-6-2-1-3-7-17/h1-13,24,28H,14-16H2,(H,27,30)/t24-/m0/s1. The Morgan fingerprint density at radius 2 is 1.73 bits per heavy atom. The molecule has 30 heavy (non-hydrogen) atoms. The predicted molar refractivity (Wildman–Crippen MR) is 116 cm³/mol. The number of halogens is 1. The van der Waals surface area contributed by atoms with Crippen LogP contribution in [0.2, 0.25) is 0 Å². The summed E-state index contributed by atoms with van der Waals surface area (Å²) in [5, 5.41) is 4.23. The summed E-state index contributed by atoms with van der Waals surface area (Å²) in [5.74, 6) is -0.286. The predicted octanol–water partition coefficient (Wildman–Crippen LogP) is 5.16. The summed E-state index contributed by atoms with van der Waals surface area (Å²) >= 11 is 0. The molecule has 1 aliphatic rings. The van der Waals surface area contributed by atoms with Crippen LogP contribution < -0.4 is 5.32 Å². The lowest BCUT2D eigenvalue weighted by atomic mass is 9.92. The normalized spacial score (nSPS) is 15.8. The molecule has 0 aliphatic carbocycles. The van der Waals surface area contributed by atoms with Crippen LogP contribution in [-0.4, -0.2) is 22.5 Å². The monoisotopic (exact) mass is 399 g/mol. The molecule has 1 atom stereocenters. The number of H-pyrrole nitrogens is 1. The van der Waals surface area contributed by atoms with Crippen LogP contribution in [0.15, 0.2) is 78.9 Å². The van der Waals surface area contributed by atoms with Crippen molar-refractivity contribution >= 4 is 16.9 Å². The summed E-state index contributed by atoms with van der Waals surface area (Å²) < 4.78 is 13.6. The van der Waals surface area contributed by atoms with E-state index in [0.717, 1.165) is 28.8 Å². The highest BCUT2D eigenvalue weighted by atomic mass is 19.1. The van der Waals surface area contributed by atoms with Crippen molar-refractivity contribution in [2.75, 3.05) is 6.54 Å². The second-order valence-corrected chi connectivity index (χ2v) is 7.60. The lowest BCUT2D eigenvalue weighted by Crippen LogP contribution is -2.45. The van der Waals surface area contributed by atoms with E-state index in [1.807, 2.05) is 47.4 Å². The maximum atomic E-state index is 13.6. The quantitative estimate of drug-likeness (QED) is 0.491. The average Bonchev–Trinajstić information content (AvgIpc) is 3.17. The van der Waals surface area contributed by atoms with Gasteiger partial charge in [-0.2, -0.15) is 0 Å². The Hall–Kier alpha value is -3.60. The summed E-state index contributed by atoms with van der Waals surface area (Å²) in [5.41, 5.74) is 5.23. The summed E-state index contributed by atoms with van der Waals surface area (Å²) in [4.78, 5) is 18.5. The van der Waals surface area contributed by atoms with E-state index >= 15 is 0 Å². The number of aromatic nitrogens is 1. The molecule has 0 unspecified atom stereocenters. The molecule has 2 amide bonds. The maximum Gasteiger partial charge on any atom is 0.318 e. The molecule has 3 aromatic carbocycles. The van der Waals surface area contributed by atoms with Gasteiger partial charge in [-0.25, -0.2) is 9.18 Å². The number of benzene rings is 3. The molecule has 5 rings (SSSR count). The lowest BCUT2D eigenvalue weighted by molar-refractivity contribution is 0.179. The van der Waals surface area contributed by atoms with E-state index in [1.54, 1.807) is 12.1 Å². The fourth-order valence-electron chi connectivity index (χ4n) is 4.33. The van der Waals surface area contributed by atoms with Gasteiger partial charge < -0.3 is 15.2 Å². The van der Waals surface area contributed by atoms with Gasteiger partial charge in [-0.15, -0.1) is 0 Å². The second kappa shape index (κ2) is 7.67. The SMILES string of the molecule is O=C(NCc1ccccc1)N1CCc2c([nH]c3ccccc23)[C@@H]1c1ccc(F)cc1. The number of amides is 2. The Bertz CT molecular complexity index is 1180. The van der Waals surface area contributed by atoms with Gasteiger partial charge >= 0.3 is 6.03 Å². The first-order valence-corrected chi connectivity index (χ1v) is 10.1. The minimum atomic E-state index is -0.294. The molecule has 5 heteroatoms. The topological polar surface area (TPSA) is 48.1 Å². The summed E-state index contributed by atoms with van der Waals surface area (Å²) in [6, 6.07) is 24.0. The van der Waals surface area contributed by atoms with E-state index in [-0.39, 0.29) is 17.9 Å². The molecule has 150 valence electrons. The molecular weight excluding hydrogens is 377 g/mol. The number of carbonyl (C=O) groups excluding carboxylic acids is 1. The van der Waals surface area contributed by atoms with E-state index in [0.29, 0.717) is 13.1 Å². The molecule has 2 N–H and O–H groups in total. The first-order chi connectivity index (χ1) is 14.7. The van der Waals surface area contributed by atoms with Crippen molar-refractivity contribution in [1.82, 2.24) is 15.2 Å². The van der Waals surface area contributed by atoms with Crippen molar-refractivity contribution in [2.45, 2.75) is 19.0 Å². The van der Waals surface area contributed by atoms with Gasteiger partial charge in [0.15, 0.2) is 0 Å². The van der Waals surface area contributed by atoms with Crippen molar-refractivity contribution in [2.24, 2.45) is 0 Å². The minimum absolute atomic E-state index is 0.127. The molecule has 0 bridgehead atoms. The van der Waals surface area contributed by atoms with E-state index in [4.69, 9.17) is 0 Å². The van der Waals surface area contributed by atoms with Crippen LogP contribution in [-0.2, 0) is 13.0 Å². The Morgan fingerprint density at radius 1 is 1.00 bits per heavy atom. The highest BCUT2D eigenvalue weighted by Crippen LogP contribution is 2.38. The number of aromatic amines is 1. The zero-order valence-electron chi connectivity index (χ0n) is 16.4. The van der Waals surface area contributed by atoms with Gasteiger partial charge in [0.05, 0.1) is 6.04 Å². The zero-order chi connectivity index (χ0) is 20.5. The molecule has 0 spiro atoms. The van der Waals surface area contributed by atoms with Crippen LogP contribution in [0.3, 0.4) is 0 Å². The Labute approximate surface area is 174 Å². The van der Waals surface area contributed by atoms with E-state index in [1.165, 1.54) is 23.1 Å². The van der Waals surface area contributed by atoms with E-state index < -0.39 is 0 Å². The van der Waals surface area contributed by atoms with Crippen molar-refractivity contribution in [1.29, 1.82) is 0 Å². The first kappa shape index (κ1) is 18.4. The second-order valence-electron chi connectivity index (χ2n) is 7.60. The van der Waals surface area contributed by atoms with Crippen molar-refractivity contribution < 1.29 is 9.18 Å². The lowest BCUT2D eigenvalue weighted by Gasteiger charge is -2.36. The molecule has 4 aromatic rings. The molecule has 1 aromatic heterocycles. The number of para-hydroxylation sites is 1.